The molecule has 0 bridgehead atoms. The molecule has 0 heterocycles. The minimum absolute atomic E-state index is 0.0623. The largest absolute Gasteiger partial charge is 0.389 e. The minimum Gasteiger partial charge on any atom is -0.389 e. The van der Waals surface area contributed by atoms with Crippen molar-refractivity contribution >= 4 is 11.6 Å². The third-order valence-electron chi connectivity index (χ3n) is 1.92. The van der Waals surface area contributed by atoms with Crippen LogP contribution in [0.3, 0.4) is 0 Å². The highest BCUT2D eigenvalue weighted by Crippen LogP contribution is 2.13. The van der Waals surface area contributed by atoms with E-state index >= 15 is 0 Å². The Morgan fingerprint density at radius 2 is 1.77 bits per heavy atom. The fraction of sp³-hybridized carbons (Fsp3) is 0.800. The summed E-state index contributed by atoms with van der Waals surface area (Å²) in [6.45, 7) is 5.38. The molecule has 13 heavy (non-hydrogen) atoms. The van der Waals surface area contributed by atoms with Crippen LogP contribution in [0.4, 0.5) is 0 Å². The average molecular weight is 186 g/mol. The molecule has 0 aromatic heterocycles. The zero-order chi connectivity index (χ0) is 10.4. The van der Waals surface area contributed by atoms with E-state index in [1.165, 1.54) is 0 Å². The van der Waals surface area contributed by atoms with Gasteiger partial charge in [0, 0.05) is 5.92 Å². The first-order chi connectivity index (χ1) is 5.97. The van der Waals surface area contributed by atoms with E-state index in [1.807, 2.05) is 20.8 Å². The number of aliphatic hydroxyl groups excluding tert-OH is 1. The standard InChI is InChI=1S/C10H18O3/c1-7(2)4-8(3)10(13)5-9(12)6-11/h7-8,11H,4-6H2,1-3H3. The molecule has 3 nitrogen and oxygen atoms in total. The van der Waals surface area contributed by atoms with Crippen LogP contribution in [0.2, 0.25) is 0 Å². The molecule has 0 saturated heterocycles. The van der Waals surface area contributed by atoms with Crippen molar-refractivity contribution in [1.82, 2.24) is 0 Å². The summed E-state index contributed by atoms with van der Waals surface area (Å²) in [7, 11) is 0. The molecule has 1 N–H and O–H groups in total. The highest BCUT2D eigenvalue weighted by Gasteiger charge is 2.16. The number of carbonyl (C=O) groups is 2. The predicted molar refractivity (Wildman–Crippen MR) is 50.3 cm³/mol. The Kier molecular flexibility index (Phi) is 5.55. The quantitative estimate of drug-likeness (QED) is 0.634. The number of aliphatic hydroxyl groups is 1. The lowest BCUT2D eigenvalue weighted by Crippen LogP contribution is -2.18. The van der Waals surface area contributed by atoms with E-state index < -0.39 is 6.61 Å². The summed E-state index contributed by atoms with van der Waals surface area (Å²) >= 11 is 0. The topological polar surface area (TPSA) is 54.4 Å². The lowest BCUT2D eigenvalue weighted by Gasteiger charge is -2.11. The predicted octanol–water partition coefficient (Wildman–Crippen LogP) is 1.19. The summed E-state index contributed by atoms with van der Waals surface area (Å²) < 4.78 is 0. The third kappa shape index (κ3) is 5.53. The maximum Gasteiger partial charge on any atom is 0.165 e. The zero-order valence-corrected chi connectivity index (χ0v) is 8.54. The fourth-order valence-corrected chi connectivity index (χ4v) is 1.26. The van der Waals surface area contributed by atoms with E-state index in [1.54, 1.807) is 0 Å². The Hall–Kier alpha value is -0.700. The third-order valence-corrected chi connectivity index (χ3v) is 1.92. The highest BCUT2D eigenvalue weighted by atomic mass is 16.3. The molecule has 0 aliphatic carbocycles. The van der Waals surface area contributed by atoms with Crippen LogP contribution in [-0.2, 0) is 9.59 Å². The molecule has 0 rings (SSSR count). The van der Waals surface area contributed by atoms with Crippen LogP contribution in [0.15, 0.2) is 0 Å². The summed E-state index contributed by atoms with van der Waals surface area (Å²) in [5, 5.41) is 8.45. The Morgan fingerprint density at radius 1 is 1.23 bits per heavy atom. The van der Waals surface area contributed by atoms with Crippen molar-refractivity contribution in [3.8, 4) is 0 Å². The van der Waals surface area contributed by atoms with Gasteiger partial charge in [0.25, 0.3) is 0 Å². The SMILES string of the molecule is CC(C)CC(C)C(=O)CC(=O)CO. The lowest BCUT2D eigenvalue weighted by molar-refractivity contribution is -0.130. The first-order valence-corrected chi connectivity index (χ1v) is 4.62. The maximum absolute atomic E-state index is 11.3. The van der Waals surface area contributed by atoms with Crippen molar-refractivity contribution < 1.29 is 14.7 Å². The van der Waals surface area contributed by atoms with Crippen LogP contribution >= 0.6 is 0 Å². The molecular weight excluding hydrogens is 168 g/mol. The van der Waals surface area contributed by atoms with Gasteiger partial charge in [-0.15, -0.1) is 0 Å². The summed E-state index contributed by atoms with van der Waals surface area (Å²) in [5.74, 6) is -0.0629. The van der Waals surface area contributed by atoms with Crippen molar-refractivity contribution in [3.05, 3.63) is 0 Å². The van der Waals surface area contributed by atoms with Crippen LogP contribution < -0.4 is 0 Å². The molecule has 0 aromatic carbocycles. The molecule has 0 amide bonds. The van der Waals surface area contributed by atoms with Gasteiger partial charge in [-0.05, 0) is 12.3 Å². The van der Waals surface area contributed by atoms with Gasteiger partial charge in [-0.3, -0.25) is 9.59 Å². The van der Waals surface area contributed by atoms with Gasteiger partial charge < -0.3 is 5.11 Å². The highest BCUT2D eigenvalue weighted by molar-refractivity contribution is 6.00. The molecule has 0 aliphatic rings. The molecular formula is C10H18O3. The van der Waals surface area contributed by atoms with Gasteiger partial charge in [-0.2, -0.15) is 0 Å². The average Bonchev–Trinajstić information content (AvgIpc) is 2.02. The van der Waals surface area contributed by atoms with Crippen molar-refractivity contribution in [2.24, 2.45) is 11.8 Å². The number of hydrogen-bond acceptors (Lipinski definition) is 3. The molecule has 76 valence electrons. The monoisotopic (exact) mass is 186 g/mol. The minimum atomic E-state index is -0.528. The van der Waals surface area contributed by atoms with Crippen molar-refractivity contribution in [1.29, 1.82) is 0 Å². The number of carbonyl (C=O) groups excluding carboxylic acids is 2. The normalized spacial score (nSPS) is 13.0. The number of rotatable bonds is 6. The molecule has 3 heteroatoms. The molecule has 0 spiro atoms. The Labute approximate surface area is 79.1 Å². The molecule has 0 aliphatic heterocycles. The summed E-state index contributed by atoms with van der Waals surface area (Å²) in [6.07, 6.45) is 0.682. The van der Waals surface area contributed by atoms with E-state index in [2.05, 4.69) is 0 Å². The van der Waals surface area contributed by atoms with E-state index in [-0.39, 0.29) is 23.9 Å². The lowest BCUT2D eigenvalue weighted by atomic mass is 9.93. The maximum atomic E-state index is 11.3. The van der Waals surface area contributed by atoms with E-state index in [0.717, 1.165) is 6.42 Å². The fourth-order valence-electron chi connectivity index (χ4n) is 1.26. The van der Waals surface area contributed by atoms with Gasteiger partial charge in [0.05, 0.1) is 6.42 Å². The van der Waals surface area contributed by atoms with Crippen LogP contribution in [0, 0.1) is 11.8 Å². The number of hydrogen-bond donors (Lipinski definition) is 1. The van der Waals surface area contributed by atoms with Crippen LogP contribution in [-0.4, -0.2) is 23.3 Å². The van der Waals surface area contributed by atoms with Gasteiger partial charge in [0.1, 0.15) is 12.4 Å². The van der Waals surface area contributed by atoms with E-state index in [0.29, 0.717) is 5.92 Å². The summed E-state index contributed by atoms with van der Waals surface area (Å²) in [5.41, 5.74) is 0. The van der Waals surface area contributed by atoms with Crippen molar-refractivity contribution in [3.63, 3.8) is 0 Å². The summed E-state index contributed by atoms with van der Waals surface area (Å²) in [6, 6.07) is 0. The Morgan fingerprint density at radius 3 is 2.15 bits per heavy atom. The smallest absolute Gasteiger partial charge is 0.165 e. The molecule has 1 atom stereocenters. The van der Waals surface area contributed by atoms with Crippen LogP contribution in [0.25, 0.3) is 0 Å². The first kappa shape index (κ1) is 12.3. The molecule has 0 aromatic rings. The van der Waals surface area contributed by atoms with Gasteiger partial charge in [0.2, 0.25) is 0 Å². The van der Waals surface area contributed by atoms with Gasteiger partial charge in [-0.25, -0.2) is 0 Å². The first-order valence-electron chi connectivity index (χ1n) is 4.62. The van der Waals surface area contributed by atoms with E-state index in [4.69, 9.17) is 5.11 Å². The zero-order valence-electron chi connectivity index (χ0n) is 8.54. The second kappa shape index (κ2) is 5.86. The van der Waals surface area contributed by atoms with Crippen LogP contribution in [0.5, 0.6) is 0 Å². The second-order valence-corrected chi connectivity index (χ2v) is 3.87. The van der Waals surface area contributed by atoms with Gasteiger partial charge in [-0.1, -0.05) is 20.8 Å². The van der Waals surface area contributed by atoms with Crippen LogP contribution in [0.1, 0.15) is 33.6 Å². The number of ketones is 2. The molecule has 0 saturated carbocycles. The summed E-state index contributed by atoms with van der Waals surface area (Å²) in [4.78, 5) is 22.1. The Balaban J connectivity index is 3.89. The van der Waals surface area contributed by atoms with E-state index in [9.17, 15) is 9.59 Å². The second-order valence-electron chi connectivity index (χ2n) is 3.87. The number of Topliss-reactive ketones (excluding diaryl/α,β-unsaturated/α-hetero) is 2. The van der Waals surface area contributed by atoms with Crippen molar-refractivity contribution in [2.75, 3.05) is 6.61 Å². The molecule has 0 fully saturated rings. The van der Waals surface area contributed by atoms with Gasteiger partial charge in [0.15, 0.2) is 5.78 Å². The molecule has 1 unspecified atom stereocenters. The molecule has 0 radical (unpaired) electrons. The van der Waals surface area contributed by atoms with Gasteiger partial charge >= 0.3 is 0 Å². The van der Waals surface area contributed by atoms with Crippen molar-refractivity contribution in [2.45, 2.75) is 33.6 Å². The Bertz CT molecular complexity index is 185.